The van der Waals surface area contributed by atoms with Crippen molar-refractivity contribution < 1.29 is 33.5 Å². The van der Waals surface area contributed by atoms with Gasteiger partial charge in [-0.25, -0.2) is 4.57 Å². The van der Waals surface area contributed by atoms with Crippen molar-refractivity contribution >= 4 is 7.82 Å². The van der Waals surface area contributed by atoms with E-state index >= 15 is 0 Å². The van der Waals surface area contributed by atoms with Gasteiger partial charge in [0.1, 0.15) is 6.10 Å². The number of rotatable bonds is 12. The van der Waals surface area contributed by atoms with E-state index < -0.39 is 13.9 Å². The van der Waals surface area contributed by atoms with Crippen LogP contribution >= 0.6 is 7.82 Å². The number of ether oxygens (including phenoxy) is 2. The van der Waals surface area contributed by atoms with E-state index in [9.17, 15) is 4.57 Å². The molecule has 0 aromatic carbocycles. The Balaban J connectivity index is 0. The molecule has 0 radical (unpaired) electrons. The molecule has 3 N–H and O–H groups in total. The van der Waals surface area contributed by atoms with Crippen molar-refractivity contribution in [1.29, 1.82) is 0 Å². The van der Waals surface area contributed by atoms with Gasteiger partial charge in [-0.1, -0.05) is 25.5 Å². The molecule has 8 heteroatoms. The monoisotopic (exact) mass is 326 g/mol. The second kappa shape index (κ2) is 15.9. The van der Waals surface area contributed by atoms with Gasteiger partial charge in [-0.05, 0) is 6.42 Å². The lowest BCUT2D eigenvalue weighted by atomic mass is 10.4. The van der Waals surface area contributed by atoms with Gasteiger partial charge in [0, 0.05) is 6.61 Å². The Morgan fingerprint density at radius 3 is 2.19 bits per heavy atom. The van der Waals surface area contributed by atoms with Gasteiger partial charge in [0.25, 0.3) is 0 Å². The van der Waals surface area contributed by atoms with Crippen LogP contribution in [-0.2, 0) is 18.6 Å². The minimum atomic E-state index is -4.47. The number of phosphoric ester groups is 1. The summed E-state index contributed by atoms with van der Waals surface area (Å²) in [6.07, 6.45) is 4.58. The molecule has 0 saturated carbocycles. The van der Waals surface area contributed by atoms with Crippen LogP contribution < -0.4 is 0 Å². The third kappa shape index (κ3) is 21.9. The van der Waals surface area contributed by atoms with Gasteiger partial charge < -0.3 is 24.4 Å². The van der Waals surface area contributed by atoms with Gasteiger partial charge in [0.2, 0.25) is 0 Å². The Morgan fingerprint density at radius 2 is 1.81 bits per heavy atom. The van der Waals surface area contributed by atoms with E-state index in [1.54, 1.807) is 6.08 Å². The number of aliphatic hydroxyl groups excluding tert-OH is 1. The van der Waals surface area contributed by atoms with Crippen LogP contribution in [0.5, 0.6) is 0 Å². The Bertz CT molecular complexity index is 288. The molecule has 0 amide bonds. The smallest absolute Gasteiger partial charge is 0.396 e. The molecule has 0 rings (SSSR count). The van der Waals surface area contributed by atoms with Crippen LogP contribution in [-0.4, -0.2) is 54.0 Å². The van der Waals surface area contributed by atoms with Crippen LogP contribution in [0.1, 0.15) is 19.8 Å². The first kappa shape index (κ1) is 22.7. The fourth-order valence-electron chi connectivity index (χ4n) is 0.970. The van der Waals surface area contributed by atoms with Gasteiger partial charge in [-0.15, -0.1) is 13.2 Å². The highest BCUT2D eigenvalue weighted by Gasteiger charge is 2.18. The molecule has 0 bridgehead atoms. The molecule has 0 aliphatic carbocycles. The van der Waals surface area contributed by atoms with Gasteiger partial charge in [-0.3, -0.25) is 4.52 Å². The third-order valence-electron chi connectivity index (χ3n) is 1.93. The molecule has 1 unspecified atom stereocenters. The van der Waals surface area contributed by atoms with Crippen molar-refractivity contribution in [1.82, 2.24) is 0 Å². The molecule has 0 heterocycles. The third-order valence-corrected chi connectivity index (χ3v) is 2.41. The second-order valence-electron chi connectivity index (χ2n) is 3.93. The number of hydrogen-bond donors (Lipinski definition) is 3. The Hall–Kier alpha value is -0.530. The molecule has 7 nitrogen and oxygen atoms in total. The number of unbranched alkanes of at least 4 members (excludes halogenated alkanes) is 1. The van der Waals surface area contributed by atoms with Gasteiger partial charge in [0.05, 0.1) is 26.4 Å². The van der Waals surface area contributed by atoms with Crippen LogP contribution in [0.25, 0.3) is 0 Å². The van der Waals surface area contributed by atoms with Crippen molar-refractivity contribution in [2.75, 3.05) is 33.0 Å². The quantitative estimate of drug-likeness (QED) is 0.284. The summed E-state index contributed by atoms with van der Waals surface area (Å²) < 4.78 is 25.1. The maximum atomic E-state index is 10.5. The summed E-state index contributed by atoms with van der Waals surface area (Å²) in [4.78, 5) is 17.0. The predicted octanol–water partition coefficient (Wildman–Crippen LogP) is 1.65. The fourth-order valence-corrected chi connectivity index (χ4v) is 1.33. The highest BCUT2D eigenvalue weighted by Crippen LogP contribution is 2.35. The Kier molecular flexibility index (Phi) is 17.2. The molecule has 1 atom stereocenters. The van der Waals surface area contributed by atoms with E-state index in [1.165, 1.54) is 6.08 Å². The van der Waals surface area contributed by atoms with Crippen molar-refractivity contribution in [3.8, 4) is 0 Å². The van der Waals surface area contributed by atoms with Gasteiger partial charge in [-0.2, -0.15) is 0 Å². The van der Waals surface area contributed by atoms with Crippen molar-refractivity contribution in [3.05, 3.63) is 25.3 Å². The van der Waals surface area contributed by atoms with E-state index in [2.05, 4.69) is 24.6 Å². The lowest BCUT2D eigenvalue weighted by Gasteiger charge is -2.17. The van der Waals surface area contributed by atoms with Crippen LogP contribution in [0, 0.1) is 0 Å². The molecular formula is C13H27O7P. The molecule has 0 fully saturated rings. The SMILES string of the molecule is C=CCOCC(COP(=O)(O)O)OCC=C.CCCCO. The zero-order valence-electron chi connectivity index (χ0n) is 12.5. The standard InChI is InChI=1S/C9H17O6P.C4H10O/c1-3-5-13-7-9(14-6-4-2)8-15-16(10,11)12;1-2-3-4-5/h3-4,9H,1-2,5-8H2,(H2,10,11,12);5H,2-4H2,1H3. The van der Waals surface area contributed by atoms with E-state index in [0.717, 1.165) is 12.8 Å². The number of aliphatic hydroxyl groups is 1. The predicted molar refractivity (Wildman–Crippen MR) is 80.9 cm³/mol. The molecule has 0 saturated heterocycles. The van der Waals surface area contributed by atoms with Crippen molar-refractivity contribution in [2.45, 2.75) is 25.9 Å². The highest BCUT2D eigenvalue weighted by molar-refractivity contribution is 7.46. The molecule has 0 spiro atoms. The first-order valence-electron chi connectivity index (χ1n) is 6.63. The zero-order chi connectivity index (χ0) is 16.6. The summed E-state index contributed by atoms with van der Waals surface area (Å²) in [5, 5.41) is 8.07. The second-order valence-corrected chi connectivity index (χ2v) is 5.17. The highest BCUT2D eigenvalue weighted by atomic mass is 31.2. The minimum absolute atomic E-state index is 0.167. The maximum absolute atomic E-state index is 10.5. The lowest BCUT2D eigenvalue weighted by Crippen LogP contribution is -2.25. The molecule has 0 aliphatic heterocycles. The normalized spacial score (nSPS) is 12.2. The molecule has 126 valence electrons. The molecule has 0 aliphatic rings. The summed E-state index contributed by atoms with van der Waals surface area (Å²) in [5.41, 5.74) is 0. The van der Waals surface area contributed by atoms with Gasteiger partial charge >= 0.3 is 7.82 Å². The average molecular weight is 326 g/mol. The Labute approximate surface area is 126 Å². The van der Waals surface area contributed by atoms with E-state index in [4.69, 9.17) is 24.4 Å². The molecular weight excluding hydrogens is 299 g/mol. The number of hydrogen-bond acceptors (Lipinski definition) is 5. The van der Waals surface area contributed by atoms with Crippen LogP contribution in [0.3, 0.4) is 0 Å². The largest absolute Gasteiger partial charge is 0.469 e. The van der Waals surface area contributed by atoms with Crippen molar-refractivity contribution in [2.24, 2.45) is 0 Å². The summed E-state index contributed by atoms with van der Waals surface area (Å²) in [6.45, 7) is 9.84. The first-order chi connectivity index (χ1) is 9.91. The Morgan fingerprint density at radius 1 is 1.19 bits per heavy atom. The molecule has 0 aromatic rings. The molecule has 21 heavy (non-hydrogen) atoms. The summed E-state index contributed by atoms with van der Waals surface area (Å²) in [6, 6.07) is 0. The van der Waals surface area contributed by atoms with Gasteiger partial charge in [0.15, 0.2) is 0 Å². The van der Waals surface area contributed by atoms with Crippen LogP contribution in [0.15, 0.2) is 25.3 Å². The van der Waals surface area contributed by atoms with Crippen LogP contribution in [0.2, 0.25) is 0 Å². The lowest BCUT2D eigenvalue weighted by molar-refractivity contribution is -0.0263. The maximum Gasteiger partial charge on any atom is 0.469 e. The van der Waals surface area contributed by atoms with Crippen molar-refractivity contribution in [3.63, 3.8) is 0 Å². The van der Waals surface area contributed by atoms with Crippen LogP contribution in [0.4, 0.5) is 0 Å². The molecule has 0 aromatic heterocycles. The minimum Gasteiger partial charge on any atom is -0.396 e. The zero-order valence-corrected chi connectivity index (χ0v) is 13.4. The first-order valence-corrected chi connectivity index (χ1v) is 8.16. The van der Waals surface area contributed by atoms with E-state index in [-0.39, 0.29) is 19.8 Å². The van der Waals surface area contributed by atoms with E-state index in [1.807, 2.05) is 0 Å². The summed E-state index contributed by atoms with van der Waals surface area (Å²) in [7, 11) is -4.47. The fraction of sp³-hybridized carbons (Fsp3) is 0.692. The summed E-state index contributed by atoms with van der Waals surface area (Å²) in [5.74, 6) is 0. The van der Waals surface area contributed by atoms with E-state index in [0.29, 0.717) is 13.2 Å². The topological polar surface area (TPSA) is 105 Å². The average Bonchev–Trinajstić information content (AvgIpc) is 2.42. The summed E-state index contributed by atoms with van der Waals surface area (Å²) >= 11 is 0. The number of phosphoric acid groups is 1.